The number of carbonyl (C=O) groups is 1. The number of ether oxygens (including phenoxy) is 4. The molecule has 0 aliphatic carbocycles. The Kier molecular flexibility index (Phi) is 11.7. The van der Waals surface area contributed by atoms with Crippen molar-refractivity contribution in [2.45, 2.75) is 69.0 Å². The summed E-state index contributed by atoms with van der Waals surface area (Å²) in [5.41, 5.74) is 1.05. The molecule has 4 atom stereocenters. The highest BCUT2D eigenvalue weighted by atomic mass is 28.4. The van der Waals surface area contributed by atoms with Gasteiger partial charge in [0.1, 0.15) is 41.2 Å². The summed E-state index contributed by atoms with van der Waals surface area (Å²) in [5.74, 6) is 1.06. The molecule has 2 N–H and O–H groups in total. The number of nitrogens with one attached hydrogen (secondary N) is 1. The first-order valence-electron chi connectivity index (χ1n) is 18.2. The van der Waals surface area contributed by atoms with Gasteiger partial charge in [-0.2, -0.15) is 4.98 Å². The Balaban J connectivity index is 1.38. The van der Waals surface area contributed by atoms with Crippen LogP contribution in [0.4, 0.5) is 5.82 Å². The number of carbonyl (C=O) groups excluding carboxylic acids is 1. The third-order valence-corrected chi connectivity index (χ3v) is 15.0. The molecule has 2 heterocycles. The molecule has 1 saturated heterocycles. The molecule has 4 aromatic carbocycles. The van der Waals surface area contributed by atoms with Gasteiger partial charge in [0.15, 0.2) is 14.5 Å². The molecule has 11 nitrogen and oxygen atoms in total. The third-order valence-electron chi connectivity index (χ3n) is 10.6. The van der Waals surface area contributed by atoms with Crippen LogP contribution in [0.2, 0.25) is 18.1 Å². The smallest absolute Gasteiger partial charge is 0.351 e. The van der Waals surface area contributed by atoms with Crippen LogP contribution in [0.3, 0.4) is 0 Å². The molecule has 55 heavy (non-hydrogen) atoms. The minimum atomic E-state index is -2.54. The summed E-state index contributed by atoms with van der Waals surface area (Å²) in [6, 6.07) is 35.4. The second-order valence-electron chi connectivity index (χ2n) is 15.0. The van der Waals surface area contributed by atoms with E-state index in [4.69, 9.17) is 23.4 Å². The average molecular weight is 764 g/mol. The van der Waals surface area contributed by atoms with Gasteiger partial charge in [0.25, 0.3) is 5.91 Å². The lowest BCUT2D eigenvalue weighted by atomic mass is 9.80. The van der Waals surface area contributed by atoms with Gasteiger partial charge in [-0.3, -0.25) is 9.36 Å². The lowest BCUT2D eigenvalue weighted by molar-refractivity contribution is -0.0956. The van der Waals surface area contributed by atoms with Crippen LogP contribution in [0.5, 0.6) is 11.5 Å². The Hall–Kier alpha value is -5.11. The summed E-state index contributed by atoms with van der Waals surface area (Å²) in [6.07, 6.45) is -2.61. The number of amides is 1. The van der Waals surface area contributed by atoms with Gasteiger partial charge in [0.2, 0.25) is 0 Å². The van der Waals surface area contributed by atoms with E-state index in [0.717, 1.165) is 16.7 Å². The fourth-order valence-corrected chi connectivity index (χ4v) is 7.75. The van der Waals surface area contributed by atoms with Crippen molar-refractivity contribution in [2.75, 3.05) is 26.1 Å². The Morgan fingerprint density at radius 1 is 0.818 bits per heavy atom. The Labute approximate surface area is 323 Å². The molecule has 4 unspecified atom stereocenters. The maximum absolute atomic E-state index is 13.7. The number of methoxy groups -OCH3 is 2. The van der Waals surface area contributed by atoms with Gasteiger partial charge in [-0.25, -0.2) is 4.79 Å². The first-order chi connectivity index (χ1) is 26.3. The second-order valence-corrected chi connectivity index (χ2v) is 19.8. The zero-order valence-electron chi connectivity index (χ0n) is 32.3. The maximum Gasteiger partial charge on any atom is 0.351 e. The molecule has 0 spiro atoms. The lowest BCUT2D eigenvalue weighted by Crippen LogP contribution is -2.49. The van der Waals surface area contributed by atoms with Gasteiger partial charge in [-0.05, 0) is 77.3 Å². The SMILES string of the molecule is COc1ccc(C(OCC2OC(n3ccc(NC(=O)c4ccccc4)nc3=O)C(O[Si](C)(C)C(C)(C)C)C2O)(c2ccccc2)c2ccc(OC)cc2)cc1. The summed E-state index contributed by atoms with van der Waals surface area (Å²) in [5, 5.41) is 14.6. The van der Waals surface area contributed by atoms with Crippen LogP contribution < -0.4 is 20.5 Å². The van der Waals surface area contributed by atoms with E-state index in [9.17, 15) is 14.7 Å². The molecule has 12 heteroatoms. The molecule has 1 aliphatic rings. The first kappa shape index (κ1) is 39.6. The van der Waals surface area contributed by atoms with Crippen molar-refractivity contribution in [3.8, 4) is 11.5 Å². The van der Waals surface area contributed by atoms with E-state index in [2.05, 4.69) is 44.2 Å². The molecule has 1 aromatic heterocycles. The number of benzene rings is 4. The topological polar surface area (TPSA) is 130 Å². The molecule has 0 saturated carbocycles. The fourth-order valence-electron chi connectivity index (χ4n) is 6.46. The first-order valence-corrected chi connectivity index (χ1v) is 21.1. The number of aliphatic hydroxyl groups excluding tert-OH is 1. The quantitative estimate of drug-likeness (QED) is 0.0947. The number of hydrogen-bond donors (Lipinski definition) is 2. The van der Waals surface area contributed by atoms with Crippen LogP contribution in [-0.4, -0.2) is 68.0 Å². The largest absolute Gasteiger partial charge is 0.497 e. The van der Waals surface area contributed by atoms with Gasteiger partial charge < -0.3 is 33.8 Å². The molecule has 1 amide bonds. The fraction of sp³-hybridized carbons (Fsp3) is 0.326. The van der Waals surface area contributed by atoms with Gasteiger partial charge in [0.05, 0.1) is 20.8 Å². The molecular formula is C43H49N3O8Si. The van der Waals surface area contributed by atoms with Crippen molar-refractivity contribution in [2.24, 2.45) is 0 Å². The van der Waals surface area contributed by atoms with Crippen molar-refractivity contribution >= 4 is 20.0 Å². The van der Waals surface area contributed by atoms with E-state index >= 15 is 0 Å². The number of aliphatic hydroxyl groups is 1. The Morgan fingerprint density at radius 2 is 1.35 bits per heavy atom. The summed E-state index contributed by atoms with van der Waals surface area (Å²) in [6.45, 7) is 10.4. The summed E-state index contributed by atoms with van der Waals surface area (Å²) < 4.78 is 32.8. The molecule has 6 rings (SSSR count). The van der Waals surface area contributed by atoms with Crippen molar-refractivity contribution in [3.63, 3.8) is 0 Å². The number of hydrogen-bond acceptors (Lipinski definition) is 9. The highest BCUT2D eigenvalue weighted by Crippen LogP contribution is 2.45. The molecule has 5 aromatic rings. The molecule has 288 valence electrons. The predicted octanol–water partition coefficient (Wildman–Crippen LogP) is 7.17. The summed E-state index contributed by atoms with van der Waals surface area (Å²) >= 11 is 0. The third kappa shape index (κ3) is 8.29. The van der Waals surface area contributed by atoms with E-state index in [1.165, 1.54) is 16.8 Å². The monoisotopic (exact) mass is 763 g/mol. The highest BCUT2D eigenvalue weighted by molar-refractivity contribution is 6.74. The summed E-state index contributed by atoms with van der Waals surface area (Å²) in [4.78, 5) is 30.7. The van der Waals surface area contributed by atoms with Crippen molar-refractivity contribution < 1.29 is 33.3 Å². The number of anilines is 1. The number of nitrogens with zero attached hydrogens (tertiary/aromatic N) is 2. The zero-order valence-corrected chi connectivity index (χ0v) is 33.3. The van der Waals surface area contributed by atoms with Crippen molar-refractivity contribution in [1.82, 2.24) is 9.55 Å². The normalized spacial score (nSPS) is 18.8. The minimum Gasteiger partial charge on any atom is -0.497 e. The maximum atomic E-state index is 13.7. The molecule has 1 fully saturated rings. The van der Waals surface area contributed by atoms with Crippen LogP contribution in [0.1, 0.15) is 54.0 Å². The Bertz CT molecular complexity index is 2060. The van der Waals surface area contributed by atoms with Crippen LogP contribution >= 0.6 is 0 Å². The highest BCUT2D eigenvalue weighted by Gasteiger charge is 2.51. The van der Waals surface area contributed by atoms with Gasteiger partial charge in [-0.15, -0.1) is 0 Å². The summed E-state index contributed by atoms with van der Waals surface area (Å²) in [7, 11) is 0.698. The lowest BCUT2D eigenvalue weighted by Gasteiger charge is -2.40. The molecule has 0 bridgehead atoms. The number of aromatic nitrogens is 2. The van der Waals surface area contributed by atoms with Crippen LogP contribution in [-0.2, 0) is 19.5 Å². The van der Waals surface area contributed by atoms with Gasteiger partial charge >= 0.3 is 5.69 Å². The van der Waals surface area contributed by atoms with E-state index in [0.29, 0.717) is 17.1 Å². The van der Waals surface area contributed by atoms with E-state index in [1.807, 2.05) is 84.9 Å². The standard InChI is InChI=1S/C43H49N3O8Si/c1-42(2,3)55(6,7)54-38-37(47)35(53-40(38)46-27-26-36(45-41(46)49)44-39(48)29-14-10-8-11-15-29)28-52-43(30-16-12-9-13-17-30,31-18-22-33(50-4)23-19-31)32-20-24-34(51-5)25-21-32/h8-27,35,37-38,40,47H,28H2,1-7H3,(H,44,45,48,49). The van der Waals surface area contributed by atoms with E-state index < -0.39 is 50.1 Å². The van der Waals surface area contributed by atoms with Crippen LogP contribution in [0, 0.1) is 0 Å². The van der Waals surface area contributed by atoms with Crippen LogP contribution in [0.25, 0.3) is 0 Å². The molecular weight excluding hydrogens is 715 g/mol. The minimum absolute atomic E-state index is 0.0852. The van der Waals surface area contributed by atoms with Crippen molar-refractivity contribution in [3.05, 3.63) is 154 Å². The van der Waals surface area contributed by atoms with E-state index in [-0.39, 0.29) is 17.5 Å². The van der Waals surface area contributed by atoms with E-state index in [1.54, 1.807) is 38.5 Å². The molecule has 0 radical (unpaired) electrons. The number of rotatable bonds is 13. The average Bonchev–Trinajstić information content (AvgIpc) is 3.48. The van der Waals surface area contributed by atoms with Crippen LogP contribution in [0.15, 0.2) is 126 Å². The predicted molar refractivity (Wildman–Crippen MR) is 213 cm³/mol. The Morgan fingerprint density at radius 3 is 1.85 bits per heavy atom. The van der Waals surface area contributed by atoms with Gasteiger partial charge in [0, 0.05) is 11.8 Å². The van der Waals surface area contributed by atoms with Crippen molar-refractivity contribution in [1.29, 1.82) is 0 Å². The second kappa shape index (κ2) is 16.3. The van der Waals surface area contributed by atoms with Gasteiger partial charge in [-0.1, -0.05) is 93.6 Å². The zero-order chi connectivity index (χ0) is 39.4. The molecule has 1 aliphatic heterocycles.